The molecule has 0 aromatic heterocycles. The maximum absolute atomic E-state index is 10.8. The Hall–Kier alpha value is -1.31. The molecule has 1 aliphatic carbocycles. The summed E-state index contributed by atoms with van der Waals surface area (Å²) in [5, 5.41) is 0. The topological polar surface area (TPSA) is 26.3 Å². The van der Waals surface area contributed by atoms with E-state index in [0.717, 1.165) is 12.0 Å². The van der Waals surface area contributed by atoms with Crippen LogP contribution in [0.1, 0.15) is 13.3 Å². The summed E-state index contributed by atoms with van der Waals surface area (Å²) in [5.41, 5.74) is 1.14. The van der Waals surface area contributed by atoms with Crippen molar-refractivity contribution in [2.24, 2.45) is 0 Å². The molecule has 2 heteroatoms. The van der Waals surface area contributed by atoms with Gasteiger partial charge in [-0.25, -0.2) is 4.79 Å². The molecule has 0 radical (unpaired) electrons. The second kappa shape index (κ2) is 4.54. The van der Waals surface area contributed by atoms with E-state index in [1.807, 2.05) is 18.2 Å². The van der Waals surface area contributed by atoms with Gasteiger partial charge in [-0.15, -0.1) is 0 Å². The number of rotatable bonds is 3. The van der Waals surface area contributed by atoms with E-state index < -0.39 is 0 Å². The number of hydrogen-bond acceptors (Lipinski definition) is 2. The van der Waals surface area contributed by atoms with Crippen molar-refractivity contribution in [3.05, 3.63) is 36.0 Å². The lowest BCUT2D eigenvalue weighted by Crippen LogP contribution is -1.98. The van der Waals surface area contributed by atoms with E-state index in [1.54, 1.807) is 13.0 Å². The number of esters is 1. The van der Waals surface area contributed by atoms with Crippen molar-refractivity contribution in [1.29, 1.82) is 0 Å². The van der Waals surface area contributed by atoms with Crippen molar-refractivity contribution in [2.45, 2.75) is 13.3 Å². The second-order valence-corrected chi connectivity index (χ2v) is 2.46. The average Bonchev–Trinajstić information content (AvgIpc) is 2.53. The number of carbonyl (C=O) groups is 1. The van der Waals surface area contributed by atoms with Gasteiger partial charge in [-0.1, -0.05) is 24.3 Å². The Balaban J connectivity index is 2.34. The van der Waals surface area contributed by atoms with Crippen LogP contribution < -0.4 is 0 Å². The lowest BCUT2D eigenvalue weighted by atomic mass is 10.2. The summed E-state index contributed by atoms with van der Waals surface area (Å²) in [5.74, 6) is -0.273. The molecule has 0 aromatic rings. The van der Waals surface area contributed by atoms with Crippen LogP contribution in [0.5, 0.6) is 0 Å². The molecule has 0 aliphatic heterocycles. The zero-order valence-corrected chi connectivity index (χ0v) is 7.12. The Morgan fingerprint density at radius 3 is 3.17 bits per heavy atom. The third kappa shape index (κ3) is 2.74. The molecule has 2 nitrogen and oxygen atoms in total. The van der Waals surface area contributed by atoms with E-state index in [4.69, 9.17) is 4.74 Å². The zero-order chi connectivity index (χ0) is 8.81. The lowest BCUT2D eigenvalue weighted by molar-refractivity contribution is -0.137. The highest BCUT2D eigenvalue weighted by atomic mass is 16.5. The molecule has 0 unspecified atom stereocenters. The molecule has 0 amide bonds. The first-order valence-electron chi connectivity index (χ1n) is 4.03. The first-order chi connectivity index (χ1) is 5.83. The first kappa shape index (κ1) is 8.78. The van der Waals surface area contributed by atoms with Gasteiger partial charge in [0.2, 0.25) is 0 Å². The summed E-state index contributed by atoms with van der Waals surface area (Å²) in [6.07, 6.45) is 10.2. The summed E-state index contributed by atoms with van der Waals surface area (Å²) in [4.78, 5) is 10.8. The summed E-state index contributed by atoms with van der Waals surface area (Å²) in [6.45, 7) is 2.22. The van der Waals surface area contributed by atoms with Gasteiger partial charge < -0.3 is 4.74 Å². The van der Waals surface area contributed by atoms with Crippen LogP contribution in [0.4, 0.5) is 0 Å². The summed E-state index contributed by atoms with van der Waals surface area (Å²) >= 11 is 0. The van der Waals surface area contributed by atoms with E-state index in [-0.39, 0.29) is 5.97 Å². The number of hydrogen-bond donors (Lipinski definition) is 0. The highest BCUT2D eigenvalue weighted by molar-refractivity contribution is 5.82. The van der Waals surface area contributed by atoms with Crippen LogP contribution in [-0.2, 0) is 9.53 Å². The van der Waals surface area contributed by atoms with Crippen molar-refractivity contribution >= 4 is 5.97 Å². The van der Waals surface area contributed by atoms with Crippen molar-refractivity contribution in [1.82, 2.24) is 0 Å². The maximum Gasteiger partial charge on any atom is 0.330 e. The molecule has 0 spiro atoms. The quantitative estimate of drug-likeness (QED) is 0.471. The van der Waals surface area contributed by atoms with E-state index in [9.17, 15) is 4.79 Å². The Morgan fingerprint density at radius 1 is 1.75 bits per heavy atom. The molecule has 0 saturated heterocycles. The van der Waals surface area contributed by atoms with Gasteiger partial charge >= 0.3 is 5.97 Å². The Bertz CT molecular complexity index is 247. The summed E-state index contributed by atoms with van der Waals surface area (Å²) in [7, 11) is 0. The van der Waals surface area contributed by atoms with E-state index in [2.05, 4.69) is 0 Å². The van der Waals surface area contributed by atoms with Gasteiger partial charge in [0.05, 0.1) is 6.61 Å². The maximum atomic E-state index is 10.8. The fraction of sp³-hybridized carbons (Fsp3) is 0.300. The Labute approximate surface area is 72.2 Å². The summed E-state index contributed by atoms with van der Waals surface area (Å²) < 4.78 is 4.73. The third-order valence-electron chi connectivity index (χ3n) is 1.52. The van der Waals surface area contributed by atoms with Crippen LogP contribution >= 0.6 is 0 Å². The van der Waals surface area contributed by atoms with Crippen molar-refractivity contribution in [3.8, 4) is 0 Å². The minimum Gasteiger partial charge on any atom is -0.463 e. The molecular formula is C10H12O2. The molecule has 0 saturated carbocycles. The minimum atomic E-state index is -0.273. The number of ether oxygens (including phenoxy) is 1. The average molecular weight is 164 g/mol. The molecule has 0 atom stereocenters. The molecule has 0 N–H and O–H groups in total. The van der Waals surface area contributed by atoms with Crippen LogP contribution in [0.2, 0.25) is 0 Å². The van der Waals surface area contributed by atoms with Crippen LogP contribution in [0.25, 0.3) is 0 Å². The normalized spacial score (nSPS) is 15.2. The van der Waals surface area contributed by atoms with Gasteiger partial charge in [0.15, 0.2) is 0 Å². The summed E-state index contributed by atoms with van der Waals surface area (Å²) in [6, 6.07) is 0. The van der Waals surface area contributed by atoms with Gasteiger partial charge in [0, 0.05) is 6.08 Å². The van der Waals surface area contributed by atoms with Crippen molar-refractivity contribution < 1.29 is 9.53 Å². The molecule has 0 bridgehead atoms. The van der Waals surface area contributed by atoms with Crippen LogP contribution in [0.3, 0.4) is 0 Å². The smallest absolute Gasteiger partial charge is 0.330 e. The fourth-order valence-electron chi connectivity index (χ4n) is 0.953. The van der Waals surface area contributed by atoms with Crippen molar-refractivity contribution in [2.75, 3.05) is 6.61 Å². The first-order valence-corrected chi connectivity index (χ1v) is 4.03. The zero-order valence-electron chi connectivity index (χ0n) is 7.12. The molecule has 64 valence electrons. The SMILES string of the molecule is CCOC(=O)/C=C/C1=CC=CC1. The van der Waals surface area contributed by atoms with Crippen molar-refractivity contribution in [3.63, 3.8) is 0 Å². The van der Waals surface area contributed by atoms with Gasteiger partial charge in [-0.2, -0.15) is 0 Å². The second-order valence-electron chi connectivity index (χ2n) is 2.46. The predicted octanol–water partition coefficient (Wildman–Crippen LogP) is 1.99. The van der Waals surface area contributed by atoms with Crippen LogP contribution in [0, 0.1) is 0 Å². The highest BCUT2D eigenvalue weighted by Crippen LogP contribution is 2.10. The number of allylic oxidation sites excluding steroid dienone is 5. The molecular weight excluding hydrogens is 152 g/mol. The Kier molecular flexibility index (Phi) is 3.33. The van der Waals surface area contributed by atoms with E-state index in [1.165, 1.54) is 6.08 Å². The van der Waals surface area contributed by atoms with Gasteiger partial charge in [0.25, 0.3) is 0 Å². The molecule has 1 rings (SSSR count). The van der Waals surface area contributed by atoms with E-state index in [0.29, 0.717) is 6.61 Å². The molecule has 0 heterocycles. The highest BCUT2D eigenvalue weighted by Gasteiger charge is 1.96. The predicted molar refractivity (Wildman–Crippen MR) is 47.6 cm³/mol. The largest absolute Gasteiger partial charge is 0.463 e. The Morgan fingerprint density at radius 2 is 2.58 bits per heavy atom. The van der Waals surface area contributed by atoms with Gasteiger partial charge in [0.1, 0.15) is 0 Å². The fourth-order valence-corrected chi connectivity index (χ4v) is 0.953. The monoisotopic (exact) mass is 164 g/mol. The molecule has 12 heavy (non-hydrogen) atoms. The molecule has 0 fully saturated rings. The minimum absolute atomic E-state index is 0.273. The molecule has 0 aromatic carbocycles. The number of carbonyl (C=O) groups excluding carboxylic acids is 1. The van der Waals surface area contributed by atoms with Gasteiger partial charge in [-0.05, 0) is 18.9 Å². The van der Waals surface area contributed by atoms with Crippen LogP contribution in [0.15, 0.2) is 36.0 Å². The standard InChI is InChI=1S/C10H12O2/c1-2-12-10(11)8-7-9-5-3-4-6-9/h3-5,7-8H,2,6H2,1H3/b8-7+. The van der Waals surface area contributed by atoms with Gasteiger partial charge in [-0.3, -0.25) is 0 Å². The van der Waals surface area contributed by atoms with Crippen LogP contribution in [-0.4, -0.2) is 12.6 Å². The van der Waals surface area contributed by atoms with E-state index >= 15 is 0 Å². The lowest BCUT2D eigenvalue weighted by Gasteiger charge is -1.94. The molecule has 1 aliphatic rings. The third-order valence-corrected chi connectivity index (χ3v) is 1.52.